The van der Waals surface area contributed by atoms with Gasteiger partial charge >= 0.3 is 0 Å². The molecule has 32 heavy (non-hydrogen) atoms. The molecule has 0 unspecified atom stereocenters. The highest BCUT2D eigenvalue weighted by molar-refractivity contribution is 7.98. The van der Waals surface area contributed by atoms with Crippen LogP contribution in [-0.4, -0.2) is 30.2 Å². The lowest BCUT2D eigenvalue weighted by atomic mass is 9.49. The topological polar surface area (TPSA) is 82.0 Å². The number of thioether (sulfide) groups is 1. The van der Waals surface area contributed by atoms with E-state index >= 15 is 0 Å². The van der Waals surface area contributed by atoms with Crippen LogP contribution in [-0.2, 0) is 15.3 Å². The van der Waals surface area contributed by atoms with E-state index in [2.05, 4.69) is 16.7 Å². The number of carbonyl (C=O) groups is 2. The predicted octanol–water partition coefficient (Wildman–Crippen LogP) is 4.26. The van der Waals surface area contributed by atoms with Crippen LogP contribution in [0.4, 0.5) is 0 Å². The lowest BCUT2D eigenvalue weighted by molar-refractivity contribution is -0.149. The van der Waals surface area contributed by atoms with E-state index in [0.29, 0.717) is 29.9 Å². The third kappa shape index (κ3) is 4.98. The number of hydrogen-bond donors (Lipinski definition) is 2. The molecule has 0 aromatic heterocycles. The van der Waals surface area contributed by atoms with E-state index in [9.17, 15) is 14.9 Å². The van der Waals surface area contributed by atoms with Gasteiger partial charge in [-0.1, -0.05) is 32.0 Å². The maximum atomic E-state index is 13.4. The molecule has 4 aliphatic rings. The number of rotatable bonds is 9. The molecule has 6 heteroatoms. The van der Waals surface area contributed by atoms with Gasteiger partial charge in [-0.3, -0.25) is 9.59 Å². The average Bonchev–Trinajstić information content (AvgIpc) is 2.76. The van der Waals surface area contributed by atoms with Gasteiger partial charge in [0.05, 0.1) is 11.6 Å². The number of nitrogens with zero attached hydrogens (tertiary/aromatic N) is 1. The summed E-state index contributed by atoms with van der Waals surface area (Å²) in [5.41, 5.74) is 1.50. The van der Waals surface area contributed by atoms with Crippen molar-refractivity contribution in [2.75, 3.05) is 12.3 Å². The van der Waals surface area contributed by atoms with E-state index in [1.165, 1.54) is 19.3 Å². The molecule has 4 saturated carbocycles. The molecule has 0 spiro atoms. The van der Waals surface area contributed by atoms with E-state index in [4.69, 9.17) is 0 Å². The van der Waals surface area contributed by atoms with Gasteiger partial charge in [0, 0.05) is 23.5 Å². The summed E-state index contributed by atoms with van der Waals surface area (Å²) in [6.07, 6.45) is 6.94. The van der Waals surface area contributed by atoms with Crippen molar-refractivity contribution in [1.82, 2.24) is 10.6 Å². The van der Waals surface area contributed by atoms with Gasteiger partial charge in [0.15, 0.2) is 0 Å². The second-order valence-electron chi connectivity index (χ2n) is 10.5. The second-order valence-corrected chi connectivity index (χ2v) is 11.6. The molecule has 1 aromatic rings. The highest BCUT2D eigenvalue weighted by Gasteiger charge is 2.55. The molecule has 1 atom stereocenters. The van der Waals surface area contributed by atoms with Crippen LogP contribution in [0.2, 0.25) is 0 Å². The second kappa shape index (κ2) is 9.87. The monoisotopic (exact) mass is 453 g/mol. The number of benzene rings is 1. The van der Waals surface area contributed by atoms with Gasteiger partial charge in [0.1, 0.15) is 6.04 Å². The Kier molecular flexibility index (Phi) is 7.14. The Morgan fingerprint density at radius 2 is 1.75 bits per heavy atom. The maximum absolute atomic E-state index is 13.4. The van der Waals surface area contributed by atoms with Gasteiger partial charge in [-0.05, 0) is 73.8 Å². The minimum atomic E-state index is -0.486. The Bertz CT molecular complexity index is 856. The largest absolute Gasteiger partial charge is 0.353 e. The SMILES string of the molecule is CC(C)[C@@H](NC(=O)C12CC3CC(CC(C3)C1)C2)C(=O)NCCSCc1ccccc1C#N. The molecule has 0 heterocycles. The van der Waals surface area contributed by atoms with E-state index in [0.717, 1.165) is 36.3 Å². The summed E-state index contributed by atoms with van der Waals surface area (Å²) < 4.78 is 0. The molecule has 0 radical (unpaired) electrons. The lowest BCUT2D eigenvalue weighted by Crippen LogP contribution is -2.58. The zero-order valence-electron chi connectivity index (χ0n) is 19.2. The third-order valence-electron chi connectivity index (χ3n) is 7.70. The normalized spacial score (nSPS) is 28.9. The quantitative estimate of drug-likeness (QED) is 0.547. The van der Waals surface area contributed by atoms with Gasteiger partial charge in [-0.15, -0.1) is 0 Å². The number of hydrogen-bond acceptors (Lipinski definition) is 4. The summed E-state index contributed by atoms with van der Waals surface area (Å²) in [6, 6.07) is 9.35. The zero-order chi connectivity index (χ0) is 22.7. The summed E-state index contributed by atoms with van der Waals surface area (Å²) in [7, 11) is 0. The molecule has 1 aromatic carbocycles. The Morgan fingerprint density at radius 1 is 1.12 bits per heavy atom. The number of amides is 2. The minimum Gasteiger partial charge on any atom is -0.353 e. The van der Waals surface area contributed by atoms with Crippen LogP contribution in [0, 0.1) is 40.4 Å². The zero-order valence-corrected chi connectivity index (χ0v) is 20.0. The molecule has 5 nitrogen and oxygen atoms in total. The molecule has 2 N–H and O–H groups in total. The Hall–Kier alpha value is -2.00. The van der Waals surface area contributed by atoms with Gasteiger partial charge in [0.2, 0.25) is 11.8 Å². The van der Waals surface area contributed by atoms with E-state index in [1.807, 2.05) is 38.1 Å². The van der Waals surface area contributed by atoms with Crippen molar-refractivity contribution in [2.24, 2.45) is 29.1 Å². The number of carbonyl (C=O) groups excluding carboxylic acids is 2. The van der Waals surface area contributed by atoms with Crippen LogP contribution in [0.3, 0.4) is 0 Å². The van der Waals surface area contributed by atoms with E-state index in [-0.39, 0.29) is 23.1 Å². The van der Waals surface area contributed by atoms with Gasteiger partial charge < -0.3 is 10.6 Å². The molecule has 172 valence electrons. The Labute approximate surface area is 196 Å². The highest BCUT2D eigenvalue weighted by atomic mass is 32.2. The summed E-state index contributed by atoms with van der Waals surface area (Å²) in [4.78, 5) is 26.3. The van der Waals surface area contributed by atoms with Crippen molar-refractivity contribution in [3.05, 3.63) is 35.4 Å². The van der Waals surface area contributed by atoms with Gasteiger partial charge in [-0.2, -0.15) is 17.0 Å². The Balaban J connectivity index is 1.26. The molecule has 5 rings (SSSR count). The molecule has 4 aliphatic carbocycles. The van der Waals surface area contributed by atoms with Crippen LogP contribution >= 0.6 is 11.8 Å². The molecule has 4 bridgehead atoms. The third-order valence-corrected chi connectivity index (χ3v) is 8.70. The average molecular weight is 454 g/mol. The Morgan fingerprint density at radius 3 is 2.34 bits per heavy atom. The fourth-order valence-electron chi connectivity index (χ4n) is 6.51. The first-order chi connectivity index (χ1) is 15.4. The molecule has 4 fully saturated rings. The molecule has 2 amide bonds. The molecule has 0 saturated heterocycles. The van der Waals surface area contributed by atoms with Crippen molar-refractivity contribution in [3.63, 3.8) is 0 Å². The van der Waals surface area contributed by atoms with Crippen molar-refractivity contribution in [3.8, 4) is 6.07 Å². The highest BCUT2D eigenvalue weighted by Crippen LogP contribution is 2.60. The summed E-state index contributed by atoms with van der Waals surface area (Å²) in [5, 5.41) is 15.4. The summed E-state index contributed by atoms with van der Waals surface area (Å²) >= 11 is 1.70. The van der Waals surface area contributed by atoms with Crippen LogP contribution < -0.4 is 10.6 Å². The minimum absolute atomic E-state index is 0.0445. The fourth-order valence-corrected chi connectivity index (χ4v) is 7.37. The van der Waals surface area contributed by atoms with Crippen molar-refractivity contribution < 1.29 is 9.59 Å². The lowest BCUT2D eigenvalue weighted by Gasteiger charge is -2.55. The summed E-state index contributed by atoms with van der Waals surface area (Å²) in [5.74, 6) is 3.71. The number of nitrogens with one attached hydrogen (secondary N) is 2. The maximum Gasteiger partial charge on any atom is 0.242 e. The first-order valence-corrected chi connectivity index (χ1v) is 13.2. The molecular weight excluding hydrogens is 418 g/mol. The van der Waals surface area contributed by atoms with E-state index < -0.39 is 6.04 Å². The first-order valence-electron chi connectivity index (χ1n) is 12.0. The van der Waals surface area contributed by atoms with Crippen LogP contribution in [0.25, 0.3) is 0 Å². The van der Waals surface area contributed by atoms with Crippen LogP contribution in [0.15, 0.2) is 24.3 Å². The van der Waals surface area contributed by atoms with Crippen molar-refractivity contribution >= 4 is 23.6 Å². The van der Waals surface area contributed by atoms with Crippen LogP contribution in [0.1, 0.15) is 63.5 Å². The van der Waals surface area contributed by atoms with E-state index in [1.54, 1.807) is 11.8 Å². The number of nitriles is 1. The van der Waals surface area contributed by atoms with Crippen molar-refractivity contribution in [2.45, 2.75) is 64.2 Å². The standard InChI is InChI=1S/C26H35N3O2S/c1-17(2)23(24(30)28-7-8-32-16-22-6-4-3-5-21(22)15-27)29-25(31)26-12-18-9-19(13-26)11-20(10-18)14-26/h3-6,17-20,23H,7-14,16H2,1-2H3,(H,28,30)(H,29,31)/t18?,19?,20?,23-,26?/m1/s1. The molecular formula is C26H35N3O2S. The molecule has 0 aliphatic heterocycles. The van der Waals surface area contributed by atoms with Gasteiger partial charge in [0.25, 0.3) is 0 Å². The predicted molar refractivity (Wildman–Crippen MR) is 128 cm³/mol. The van der Waals surface area contributed by atoms with Crippen molar-refractivity contribution in [1.29, 1.82) is 5.26 Å². The van der Waals surface area contributed by atoms with Crippen LogP contribution in [0.5, 0.6) is 0 Å². The smallest absolute Gasteiger partial charge is 0.242 e. The fraction of sp³-hybridized carbons (Fsp3) is 0.654. The first kappa shape index (κ1) is 23.2. The van der Waals surface area contributed by atoms with Gasteiger partial charge in [-0.25, -0.2) is 0 Å². The summed E-state index contributed by atoms with van der Waals surface area (Å²) in [6.45, 7) is 4.55.